The third kappa shape index (κ3) is 8.15. The third-order valence-corrected chi connectivity index (χ3v) is 4.91. The number of carbonyl (C=O) groups excluding carboxylic acids is 1. The Bertz CT molecular complexity index is 852. The molecule has 8 heteroatoms. The van der Waals surface area contributed by atoms with Gasteiger partial charge >= 0.3 is 0 Å². The van der Waals surface area contributed by atoms with E-state index in [4.69, 9.17) is 5.73 Å². The van der Waals surface area contributed by atoms with Crippen molar-refractivity contribution in [3.05, 3.63) is 65.7 Å². The highest BCUT2D eigenvalue weighted by atomic mass is 19.3. The van der Waals surface area contributed by atoms with Gasteiger partial charge in [-0.25, -0.2) is 8.78 Å². The van der Waals surface area contributed by atoms with E-state index < -0.39 is 18.0 Å². The second kappa shape index (κ2) is 11.6. The zero-order valence-electron chi connectivity index (χ0n) is 18.3. The molecule has 2 heterocycles. The number of aromatic nitrogens is 1. The van der Waals surface area contributed by atoms with Gasteiger partial charge in [0.2, 0.25) is 0 Å². The van der Waals surface area contributed by atoms with E-state index in [0.717, 1.165) is 0 Å². The van der Waals surface area contributed by atoms with Crippen molar-refractivity contribution >= 4 is 11.6 Å². The number of allylic oxidation sites excluding steroid dienone is 5. The minimum atomic E-state index is -2.59. The smallest absolute Gasteiger partial charge is 0.271 e. The molecule has 1 aromatic heterocycles. The van der Waals surface area contributed by atoms with Gasteiger partial charge in [-0.3, -0.25) is 19.7 Å². The maximum absolute atomic E-state index is 13.4. The number of piperidine rings is 1. The van der Waals surface area contributed by atoms with Gasteiger partial charge in [-0.2, -0.15) is 0 Å². The summed E-state index contributed by atoms with van der Waals surface area (Å²) in [4.78, 5) is 23.5. The van der Waals surface area contributed by atoms with Crippen molar-refractivity contribution in [3.63, 3.8) is 0 Å². The highest BCUT2D eigenvalue weighted by molar-refractivity contribution is 5.98. The lowest BCUT2D eigenvalue weighted by Gasteiger charge is -2.31. The van der Waals surface area contributed by atoms with Crippen molar-refractivity contribution in [3.8, 4) is 0 Å². The van der Waals surface area contributed by atoms with E-state index in [1.54, 1.807) is 44.4 Å². The average molecular weight is 432 g/mol. The van der Waals surface area contributed by atoms with E-state index in [9.17, 15) is 13.6 Å². The van der Waals surface area contributed by atoms with Crippen LogP contribution in [0.1, 0.15) is 45.3 Å². The molecule has 168 valence electrons. The lowest BCUT2D eigenvalue weighted by Crippen LogP contribution is -2.41. The molecule has 0 aliphatic carbocycles. The highest BCUT2D eigenvalue weighted by Crippen LogP contribution is 2.27. The SMILES string of the molecule is C\C=C/C=C\C(C)=C(\N=C(C)CN1CCC(F)(F)CC1)C(=O)NC(N)c1cccnc1. The predicted octanol–water partition coefficient (Wildman–Crippen LogP) is 3.75. The Kier molecular flexibility index (Phi) is 9.21. The van der Waals surface area contributed by atoms with Gasteiger partial charge in [0.05, 0.1) is 0 Å². The Morgan fingerprint density at radius 2 is 2.06 bits per heavy atom. The Morgan fingerprint density at radius 3 is 2.68 bits per heavy atom. The minimum absolute atomic E-state index is 0.158. The van der Waals surface area contributed by atoms with Crippen molar-refractivity contribution in [2.75, 3.05) is 19.6 Å². The number of carbonyl (C=O) groups is 1. The lowest BCUT2D eigenvalue weighted by atomic mass is 10.1. The summed E-state index contributed by atoms with van der Waals surface area (Å²) in [6.45, 7) is 6.52. The normalized spacial score (nSPS) is 19.5. The standard InChI is InChI=1S/C23H31F2N5O/c1-4-5-6-8-17(2)20(22(31)29-21(26)19-9-7-12-27-15-19)28-18(3)16-30-13-10-23(24,25)11-14-30/h4-9,12,15,21H,10-11,13-14,16,26H2,1-3H3,(H,29,31)/b5-4-,8-6-,20-17+,28-18?. The summed E-state index contributed by atoms with van der Waals surface area (Å²) in [5.74, 6) is -3.01. The maximum atomic E-state index is 13.4. The Balaban J connectivity index is 2.18. The second-order valence-corrected chi connectivity index (χ2v) is 7.63. The Morgan fingerprint density at radius 1 is 1.35 bits per heavy atom. The van der Waals surface area contributed by atoms with Crippen molar-refractivity contribution in [2.24, 2.45) is 10.7 Å². The number of nitrogens with one attached hydrogen (secondary N) is 1. The summed E-state index contributed by atoms with van der Waals surface area (Å²) >= 11 is 0. The number of alkyl halides is 2. The van der Waals surface area contributed by atoms with Crippen molar-refractivity contribution in [1.29, 1.82) is 0 Å². The number of likely N-dealkylation sites (tertiary alicyclic amines) is 1. The first-order chi connectivity index (χ1) is 14.7. The molecule has 1 unspecified atom stereocenters. The fourth-order valence-corrected chi connectivity index (χ4v) is 3.15. The number of rotatable bonds is 8. The molecule has 1 saturated heterocycles. The lowest BCUT2D eigenvalue weighted by molar-refractivity contribution is -0.118. The number of amides is 1. The molecule has 0 spiro atoms. The molecular formula is C23H31F2N5O. The molecule has 2 rings (SSSR count). The largest absolute Gasteiger partial charge is 0.331 e. The molecule has 0 aromatic carbocycles. The van der Waals surface area contributed by atoms with E-state index in [1.165, 1.54) is 0 Å². The quantitative estimate of drug-likeness (QED) is 0.284. The summed E-state index contributed by atoms with van der Waals surface area (Å²) in [5.41, 5.74) is 8.35. The first-order valence-electron chi connectivity index (χ1n) is 10.3. The number of halogens is 2. The first-order valence-corrected chi connectivity index (χ1v) is 10.3. The van der Waals surface area contributed by atoms with Crippen LogP contribution in [-0.4, -0.2) is 47.1 Å². The summed E-state index contributed by atoms with van der Waals surface area (Å²) in [7, 11) is 0. The molecular weight excluding hydrogens is 400 g/mol. The summed E-state index contributed by atoms with van der Waals surface area (Å²) in [6.07, 6.45) is 9.51. The third-order valence-electron chi connectivity index (χ3n) is 4.91. The molecule has 1 aliphatic rings. The number of pyridine rings is 1. The fourth-order valence-electron chi connectivity index (χ4n) is 3.15. The maximum Gasteiger partial charge on any atom is 0.271 e. The molecule has 1 fully saturated rings. The molecule has 0 bridgehead atoms. The van der Waals surface area contributed by atoms with Crippen LogP contribution >= 0.6 is 0 Å². The van der Waals surface area contributed by atoms with E-state index in [0.29, 0.717) is 36.5 Å². The molecule has 1 amide bonds. The molecule has 1 aromatic rings. The first kappa shape index (κ1) is 24.6. The van der Waals surface area contributed by atoms with Crippen molar-refractivity contribution < 1.29 is 13.6 Å². The zero-order valence-corrected chi connectivity index (χ0v) is 18.3. The molecule has 1 atom stereocenters. The fraction of sp³-hybridized carbons (Fsp3) is 0.435. The van der Waals surface area contributed by atoms with Crippen molar-refractivity contribution in [2.45, 2.75) is 45.7 Å². The van der Waals surface area contributed by atoms with Gasteiger partial charge in [0.1, 0.15) is 11.9 Å². The average Bonchev–Trinajstić information content (AvgIpc) is 2.74. The summed E-state index contributed by atoms with van der Waals surface area (Å²) in [6, 6.07) is 3.52. The summed E-state index contributed by atoms with van der Waals surface area (Å²) < 4.78 is 26.8. The monoisotopic (exact) mass is 431 g/mol. The van der Waals surface area contributed by atoms with E-state index in [2.05, 4.69) is 15.3 Å². The van der Waals surface area contributed by atoms with Gasteiger partial charge in [0.15, 0.2) is 0 Å². The van der Waals surface area contributed by atoms with Gasteiger partial charge in [0.25, 0.3) is 11.8 Å². The number of nitrogens with zero attached hydrogens (tertiary/aromatic N) is 3. The number of hydrogen-bond acceptors (Lipinski definition) is 5. The number of hydrogen-bond donors (Lipinski definition) is 2. The van der Waals surface area contributed by atoms with E-state index >= 15 is 0 Å². The van der Waals surface area contributed by atoms with Crippen LogP contribution in [0, 0.1) is 0 Å². The summed E-state index contributed by atoms with van der Waals surface area (Å²) in [5, 5.41) is 2.76. The molecule has 6 nitrogen and oxygen atoms in total. The number of nitrogens with two attached hydrogens (primary N) is 1. The Labute approximate surface area is 182 Å². The van der Waals surface area contributed by atoms with Crippen LogP contribution in [0.3, 0.4) is 0 Å². The molecule has 31 heavy (non-hydrogen) atoms. The predicted molar refractivity (Wildman–Crippen MR) is 120 cm³/mol. The second-order valence-electron chi connectivity index (χ2n) is 7.63. The van der Waals surface area contributed by atoms with Crippen LogP contribution in [0.5, 0.6) is 0 Å². The van der Waals surface area contributed by atoms with Crippen LogP contribution < -0.4 is 11.1 Å². The van der Waals surface area contributed by atoms with Gasteiger partial charge in [-0.15, -0.1) is 0 Å². The van der Waals surface area contributed by atoms with Gasteiger partial charge in [-0.05, 0) is 32.4 Å². The highest BCUT2D eigenvalue weighted by Gasteiger charge is 2.33. The Hall–Kier alpha value is -2.71. The van der Waals surface area contributed by atoms with E-state index in [-0.39, 0.29) is 18.5 Å². The molecule has 0 radical (unpaired) electrons. The van der Waals surface area contributed by atoms with Crippen molar-refractivity contribution in [1.82, 2.24) is 15.2 Å². The van der Waals surface area contributed by atoms with Gasteiger partial charge in [0, 0.05) is 56.1 Å². The van der Waals surface area contributed by atoms with Crippen LogP contribution in [-0.2, 0) is 4.79 Å². The van der Waals surface area contributed by atoms with Crippen LogP contribution in [0.2, 0.25) is 0 Å². The van der Waals surface area contributed by atoms with E-state index in [1.807, 2.05) is 30.1 Å². The van der Waals surface area contributed by atoms with Crippen LogP contribution in [0.25, 0.3) is 0 Å². The molecule has 3 N–H and O–H groups in total. The van der Waals surface area contributed by atoms with Gasteiger partial charge < -0.3 is 11.1 Å². The topological polar surface area (TPSA) is 83.6 Å². The molecule has 0 saturated carbocycles. The van der Waals surface area contributed by atoms with Crippen LogP contribution in [0.4, 0.5) is 8.78 Å². The van der Waals surface area contributed by atoms with Crippen LogP contribution in [0.15, 0.2) is 65.1 Å². The zero-order chi connectivity index (χ0) is 22.9. The number of aliphatic imine (C=N–C) groups is 1. The molecule has 1 aliphatic heterocycles. The van der Waals surface area contributed by atoms with Gasteiger partial charge in [-0.1, -0.05) is 30.4 Å². The minimum Gasteiger partial charge on any atom is -0.331 e.